The second-order valence-electron chi connectivity index (χ2n) is 7.31. The van der Waals surface area contributed by atoms with E-state index in [1.165, 1.54) is 38.0 Å². The van der Waals surface area contributed by atoms with Gasteiger partial charge in [-0.05, 0) is 49.9 Å². The van der Waals surface area contributed by atoms with Crippen molar-refractivity contribution in [1.29, 1.82) is 0 Å². The molecular weight excluding hydrogens is 244 g/mol. The third-order valence-electron chi connectivity index (χ3n) is 4.07. The fourth-order valence-corrected chi connectivity index (χ4v) is 2.81. The molecular formula is C18H30N2. The molecule has 1 N–H and O–H groups in total. The molecule has 2 rings (SSSR count). The van der Waals surface area contributed by atoms with E-state index in [-0.39, 0.29) is 0 Å². The molecule has 1 heterocycles. The molecule has 1 aromatic rings. The highest BCUT2D eigenvalue weighted by Gasteiger charge is 2.19. The third-order valence-corrected chi connectivity index (χ3v) is 4.07. The summed E-state index contributed by atoms with van der Waals surface area (Å²) in [6.07, 6.45) is 3.70. The lowest BCUT2D eigenvalue weighted by Crippen LogP contribution is -2.40. The second kappa shape index (κ2) is 7.24. The first-order chi connectivity index (χ1) is 9.53. The summed E-state index contributed by atoms with van der Waals surface area (Å²) < 4.78 is 0. The Labute approximate surface area is 124 Å². The van der Waals surface area contributed by atoms with Gasteiger partial charge in [0, 0.05) is 12.6 Å². The minimum atomic E-state index is 0.439. The summed E-state index contributed by atoms with van der Waals surface area (Å²) in [5.74, 6) is 0. The van der Waals surface area contributed by atoms with Gasteiger partial charge in [-0.2, -0.15) is 0 Å². The summed E-state index contributed by atoms with van der Waals surface area (Å²) >= 11 is 0. The predicted octanol–water partition coefficient (Wildman–Crippen LogP) is 3.33. The molecule has 1 aliphatic heterocycles. The maximum atomic E-state index is 3.72. The van der Waals surface area contributed by atoms with E-state index < -0.39 is 0 Å². The van der Waals surface area contributed by atoms with Crippen LogP contribution in [-0.2, 0) is 6.42 Å². The molecule has 20 heavy (non-hydrogen) atoms. The van der Waals surface area contributed by atoms with E-state index >= 15 is 0 Å². The molecule has 1 aromatic carbocycles. The molecule has 1 aliphatic rings. The zero-order valence-corrected chi connectivity index (χ0v) is 13.4. The van der Waals surface area contributed by atoms with E-state index in [9.17, 15) is 0 Å². The summed E-state index contributed by atoms with van der Waals surface area (Å²) in [7, 11) is 0. The fraction of sp³-hybridized carbons (Fsp3) is 0.667. The Hall–Kier alpha value is -0.860. The first-order valence-electron chi connectivity index (χ1n) is 8.03. The van der Waals surface area contributed by atoms with Gasteiger partial charge in [0.2, 0.25) is 0 Å². The molecule has 1 unspecified atom stereocenters. The van der Waals surface area contributed by atoms with E-state index in [0.717, 1.165) is 13.0 Å². The maximum Gasteiger partial charge on any atom is 0.0235 e. The Bertz CT molecular complexity index is 380. The van der Waals surface area contributed by atoms with Crippen molar-refractivity contribution >= 4 is 0 Å². The summed E-state index contributed by atoms with van der Waals surface area (Å²) in [4.78, 5) is 2.65. The van der Waals surface area contributed by atoms with Crippen molar-refractivity contribution in [2.45, 2.75) is 46.1 Å². The van der Waals surface area contributed by atoms with E-state index in [4.69, 9.17) is 0 Å². The fourth-order valence-electron chi connectivity index (χ4n) is 2.81. The Balaban J connectivity index is 1.86. The van der Waals surface area contributed by atoms with Crippen LogP contribution < -0.4 is 5.32 Å². The van der Waals surface area contributed by atoms with Gasteiger partial charge in [-0.3, -0.25) is 0 Å². The number of benzene rings is 1. The number of rotatable bonds is 4. The average Bonchev–Trinajstić information content (AvgIpc) is 2.62. The van der Waals surface area contributed by atoms with Gasteiger partial charge in [0.15, 0.2) is 0 Å². The minimum absolute atomic E-state index is 0.439. The first-order valence-corrected chi connectivity index (χ1v) is 8.03. The van der Waals surface area contributed by atoms with Crippen LogP contribution in [-0.4, -0.2) is 37.1 Å². The van der Waals surface area contributed by atoms with Crippen LogP contribution in [0.25, 0.3) is 0 Å². The Morgan fingerprint density at radius 1 is 1.20 bits per heavy atom. The van der Waals surface area contributed by atoms with Gasteiger partial charge in [-0.25, -0.2) is 0 Å². The molecule has 1 atom stereocenters. The lowest BCUT2D eigenvalue weighted by molar-refractivity contribution is 0.223. The molecule has 0 aromatic heterocycles. The highest BCUT2D eigenvalue weighted by atomic mass is 15.2. The zero-order chi connectivity index (χ0) is 14.4. The molecule has 0 amide bonds. The Morgan fingerprint density at radius 3 is 2.65 bits per heavy atom. The smallest absolute Gasteiger partial charge is 0.0235 e. The number of hydrogen-bond donors (Lipinski definition) is 1. The molecule has 112 valence electrons. The van der Waals surface area contributed by atoms with E-state index in [1.807, 2.05) is 0 Å². The van der Waals surface area contributed by atoms with Crippen molar-refractivity contribution in [3.05, 3.63) is 35.9 Å². The van der Waals surface area contributed by atoms with Crippen LogP contribution in [0.4, 0.5) is 0 Å². The zero-order valence-electron chi connectivity index (χ0n) is 13.4. The highest BCUT2D eigenvalue weighted by Crippen LogP contribution is 2.19. The van der Waals surface area contributed by atoms with Crippen molar-refractivity contribution in [3.63, 3.8) is 0 Å². The lowest BCUT2D eigenvalue weighted by atomic mass is 9.92. The summed E-state index contributed by atoms with van der Waals surface area (Å²) in [5.41, 5.74) is 1.89. The predicted molar refractivity (Wildman–Crippen MR) is 87.1 cm³/mol. The SMILES string of the molecule is CC(C)(C)CCN1CCCNC(Cc2ccccc2)C1. The van der Waals surface area contributed by atoms with E-state index in [1.54, 1.807) is 0 Å². The molecule has 0 bridgehead atoms. The summed E-state index contributed by atoms with van der Waals surface area (Å²) in [6.45, 7) is 11.8. The number of nitrogens with one attached hydrogen (secondary N) is 1. The normalized spacial score (nSPS) is 21.6. The van der Waals surface area contributed by atoms with Gasteiger partial charge >= 0.3 is 0 Å². The Morgan fingerprint density at radius 2 is 1.95 bits per heavy atom. The van der Waals surface area contributed by atoms with E-state index in [2.05, 4.69) is 61.3 Å². The average molecular weight is 274 g/mol. The van der Waals surface area contributed by atoms with Gasteiger partial charge in [-0.1, -0.05) is 51.1 Å². The molecule has 2 nitrogen and oxygen atoms in total. The quantitative estimate of drug-likeness (QED) is 0.906. The standard InChI is InChI=1S/C18H30N2/c1-18(2,3)10-13-20-12-7-11-19-17(15-20)14-16-8-5-4-6-9-16/h4-6,8-9,17,19H,7,10-15H2,1-3H3. The van der Waals surface area contributed by atoms with Crippen molar-refractivity contribution < 1.29 is 0 Å². The molecule has 0 saturated carbocycles. The lowest BCUT2D eigenvalue weighted by Gasteiger charge is -2.28. The van der Waals surface area contributed by atoms with Crippen LogP contribution in [0.5, 0.6) is 0 Å². The maximum absolute atomic E-state index is 3.72. The Kier molecular flexibility index (Phi) is 5.62. The van der Waals surface area contributed by atoms with Crippen molar-refractivity contribution in [1.82, 2.24) is 10.2 Å². The summed E-state index contributed by atoms with van der Waals surface area (Å²) in [5, 5.41) is 3.72. The van der Waals surface area contributed by atoms with Gasteiger partial charge in [0.25, 0.3) is 0 Å². The largest absolute Gasteiger partial charge is 0.312 e. The van der Waals surface area contributed by atoms with Crippen LogP contribution in [0.1, 0.15) is 39.2 Å². The van der Waals surface area contributed by atoms with Crippen LogP contribution in [0.2, 0.25) is 0 Å². The summed E-state index contributed by atoms with van der Waals surface area (Å²) in [6, 6.07) is 11.5. The van der Waals surface area contributed by atoms with E-state index in [0.29, 0.717) is 11.5 Å². The highest BCUT2D eigenvalue weighted by molar-refractivity contribution is 5.16. The van der Waals surface area contributed by atoms with Crippen LogP contribution in [0, 0.1) is 5.41 Å². The van der Waals surface area contributed by atoms with Crippen molar-refractivity contribution in [3.8, 4) is 0 Å². The topological polar surface area (TPSA) is 15.3 Å². The first kappa shape index (κ1) is 15.5. The van der Waals surface area contributed by atoms with Crippen LogP contribution >= 0.6 is 0 Å². The minimum Gasteiger partial charge on any atom is -0.312 e. The molecule has 1 saturated heterocycles. The number of hydrogen-bond acceptors (Lipinski definition) is 2. The third kappa shape index (κ3) is 5.64. The van der Waals surface area contributed by atoms with Gasteiger partial charge in [-0.15, -0.1) is 0 Å². The molecule has 0 aliphatic carbocycles. The molecule has 0 spiro atoms. The van der Waals surface area contributed by atoms with Gasteiger partial charge in [0.1, 0.15) is 0 Å². The van der Waals surface area contributed by atoms with Crippen molar-refractivity contribution in [2.75, 3.05) is 26.2 Å². The number of nitrogens with zero attached hydrogens (tertiary/aromatic N) is 1. The molecule has 2 heteroatoms. The van der Waals surface area contributed by atoms with Crippen LogP contribution in [0.3, 0.4) is 0 Å². The van der Waals surface area contributed by atoms with Crippen molar-refractivity contribution in [2.24, 2.45) is 5.41 Å². The van der Waals surface area contributed by atoms with Gasteiger partial charge in [0.05, 0.1) is 0 Å². The monoisotopic (exact) mass is 274 g/mol. The molecule has 1 fully saturated rings. The second-order valence-corrected chi connectivity index (χ2v) is 7.31. The van der Waals surface area contributed by atoms with Gasteiger partial charge < -0.3 is 10.2 Å². The van der Waals surface area contributed by atoms with Crippen LogP contribution in [0.15, 0.2) is 30.3 Å². The molecule has 0 radical (unpaired) electrons.